The lowest BCUT2D eigenvalue weighted by Gasteiger charge is -2.23. The van der Waals surface area contributed by atoms with Gasteiger partial charge >= 0.3 is 12.0 Å². The van der Waals surface area contributed by atoms with E-state index in [-0.39, 0.29) is 13.0 Å². The van der Waals surface area contributed by atoms with E-state index < -0.39 is 18.0 Å². The number of carboxylic acid groups (broad SMARTS) is 1. The van der Waals surface area contributed by atoms with Crippen LogP contribution in [0.5, 0.6) is 0 Å². The van der Waals surface area contributed by atoms with Crippen molar-refractivity contribution in [3.63, 3.8) is 0 Å². The second kappa shape index (κ2) is 8.16. The molecule has 0 aromatic heterocycles. The highest BCUT2D eigenvalue weighted by molar-refractivity contribution is 5.82. The zero-order valence-corrected chi connectivity index (χ0v) is 11.5. The predicted octanol–water partition coefficient (Wildman–Crippen LogP) is 1.05. The first-order chi connectivity index (χ1) is 9.58. The molecule has 1 aromatic carbocycles. The Bertz CT molecular complexity index is 436. The molecular weight excluding hydrogens is 260 g/mol. The van der Waals surface area contributed by atoms with Crippen LogP contribution in [0.2, 0.25) is 0 Å². The summed E-state index contributed by atoms with van der Waals surface area (Å²) in [4.78, 5) is 24.5. The van der Waals surface area contributed by atoms with E-state index in [1.54, 1.807) is 0 Å². The molecule has 0 radical (unpaired) electrons. The summed E-state index contributed by atoms with van der Waals surface area (Å²) in [6.45, 7) is 2.41. The van der Waals surface area contributed by atoms with Crippen LogP contribution in [0.3, 0.4) is 0 Å². The van der Waals surface area contributed by atoms with Gasteiger partial charge in [-0.2, -0.15) is 0 Å². The Morgan fingerprint density at radius 1 is 1.30 bits per heavy atom. The number of carbonyl (C=O) groups is 2. The van der Waals surface area contributed by atoms with Gasteiger partial charge in [0, 0.05) is 26.1 Å². The van der Waals surface area contributed by atoms with Crippen molar-refractivity contribution in [3.8, 4) is 0 Å². The molecule has 0 heterocycles. The van der Waals surface area contributed by atoms with Crippen molar-refractivity contribution in [3.05, 3.63) is 35.9 Å². The molecule has 0 bridgehead atoms. The standard InChI is InChI=1S/C14H20N2O4/c1-2-16(10-11-6-4-3-5-7-11)14(20)15-12(8-9-17)13(18)19/h3-7,12,17H,2,8-10H2,1H3,(H,15,20)(H,18,19)/t12-/m1/s1. The monoisotopic (exact) mass is 280 g/mol. The van der Waals surface area contributed by atoms with Crippen molar-refractivity contribution in [2.45, 2.75) is 25.9 Å². The van der Waals surface area contributed by atoms with E-state index in [4.69, 9.17) is 10.2 Å². The number of aliphatic hydroxyl groups is 1. The Morgan fingerprint density at radius 3 is 2.45 bits per heavy atom. The number of rotatable bonds is 7. The quantitative estimate of drug-likeness (QED) is 0.696. The molecule has 6 nitrogen and oxygen atoms in total. The highest BCUT2D eigenvalue weighted by atomic mass is 16.4. The number of carboxylic acids is 1. The molecule has 110 valence electrons. The van der Waals surface area contributed by atoms with Crippen molar-refractivity contribution in [1.29, 1.82) is 0 Å². The van der Waals surface area contributed by atoms with E-state index >= 15 is 0 Å². The molecule has 1 rings (SSSR count). The largest absolute Gasteiger partial charge is 0.480 e. The van der Waals surface area contributed by atoms with Gasteiger partial charge in [-0.05, 0) is 12.5 Å². The molecule has 1 aromatic rings. The molecule has 0 aliphatic heterocycles. The summed E-state index contributed by atoms with van der Waals surface area (Å²) in [5.41, 5.74) is 0.971. The highest BCUT2D eigenvalue weighted by Gasteiger charge is 2.22. The van der Waals surface area contributed by atoms with Gasteiger partial charge in [0.1, 0.15) is 6.04 Å². The molecule has 3 N–H and O–H groups in total. The third-order valence-corrected chi connectivity index (χ3v) is 2.90. The molecule has 0 saturated heterocycles. The topological polar surface area (TPSA) is 89.9 Å². The Balaban J connectivity index is 2.64. The first-order valence-corrected chi connectivity index (χ1v) is 6.51. The van der Waals surface area contributed by atoms with Gasteiger partial charge in [0.15, 0.2) is 0 Å². The minimum absolute atomic E-state index is 0.00996. The van der Waals surface area contributed by atoms with Crippen molar-refractivity contribution in [2.24, 2.45) is 0 Å². The molecule has 6 heteroatoms. The van der Waals surface area contributed by atoms with Crippen LogP contribution in [0.1, 0.15) is 18.9 Å². The Kier molecular flexibility index (Phi) is 6.52. The second-order valence-corrected chi connectivity index (χ2v) is 4.35. The van der Waals surface area contributed by atoms with Crippen LogP contribution in [0.4, 0.5) is 4.79 Å². The van der Waals surface area contributed by atoms with E-state index in [0.717, 1.165) is 5.56 Å². The average molecular weight is 280 g/mol. The average Bonchev–Trinajstić information content (AvgIpc) is 2.45. The summed E-state index contributed by atoms with van der Waals surface area (Å²) in [6, 6.07) is 7.94. The minimum Gasteiger partial charge on any atom is -0.480 e. The van der Waals surface area contributed by atoms with Crippen LogP contribution in [0.15, 0.2) is 30.3 Å². The van der Waals surface area contributed by atoms with Gasteiger partial charge < -0.3 is 20.4 Å². The fourth-order valence-electron chi connectivity index (χ4n) is 1.76. The minimum atomic E-state index is -1.15. The van der Waals surface area contributed by atoms with E-state index in [9.17, 15) is 9.59 Å². The lowest BCUT2D eigenvalue weighted by atomic mass is 10.2. The first-order valence-electron chi connectivity index (χ1n) is 6.51. The van der Waals surface area contributed by atoms with Crippen LogP contribution >= 0.6 is 0 Å². The van der Waals surface area contributed by atoms with E-state index in [0.29, 0.717) is 13.1 Å². The predicted molar refractivity (Wildman–Crippen MR) is 74.2 cm³/mol. The second-order valence-electron chi connectivity index (χ2n) is 4.35. The van der Waals surface area contributed by atoms with Gasteiger partial charge in [0.25, 0.3) is 0 Å². The number of hydrogen-bond donors (Lipinski definition) is 3. The number of aliphatic carboxylic acids is 1. The maximum Gasteiger partial charge on any atom is 0.326 e. The molecule has 2 amide bonds. The summed E-state index contributed by atoms with van der Waals surface area (Å²) in [5, 5.41) is 20.2. The van der Waals surface area contributed by atoms with Gasteiger partial charge in [-0.1, -0.05) is 30.3 Å². The molecule has 0 aliphatic rings. The van der Waals surface area contributed by atoms with Gasteiger partial charge in [-0.25, -0.2) is 9.59 Å². The number of carbonyl (C=O) groups excluding carboxylic acids is 1. The number of aliphatic hydroxyl groups excluding tert-OH is 1. The summed E-state index contributed by atoms with van der Waals surface area (Å²) in [5.74, 6) is -1.15. The number of benzene rings is 1. The SMILES string of the molecule is CCN(Cc1ccccc1)C(=O)N[C@H](CCO)C(=O)O. The Morgan fingerprint density at radius 2 is 1.95 bits per heavy atom. The van der Waals surface area contributed by atoms with E-state index in [2.05, 4.69) is 5.32 Å². The number of hydrogen-bond acceptors (Lipinski definition) is 3. The number of nitrogens with one attached hydrogen (secondary N) is 1. The molecule has 0 fully saturated rings. The van der Waals surface area contributed by atoms with Crippen LogP contribution in [0, 0.1) is 0 Å². The van der Waals surface area contributed by atoms with Crippen molar-refractivity contribution >= 4 is 12.0 Å². The summed E-state index contributed by atoms with van der Waals surface area (Å²) in [7, 11) is 0. The van der Waals surface area contributed by atoms with Crippen LogP contribution in [-0.4, -0.2) is 46.3 Å². The molecule has 20 heavy (non-hydrogen) atoms. The summed E-state index contributed by atoms with van der Waals surface area (Å²) >= 11 is 0. The molecular formula is C14H20N2O4. The highest BCUT2D eigenvalue weighted by Crippen LogP contribution is 2.05. The maximum absolute atomic E-state index is 12.0. The normalized spacial score (nSPS) is 11.7. The zero-order valence-electron chi connectivity index (χ0n) is 11.5. The van der Waals surface area contributed by atoms with Gasteiger partial charge in [0.05, 0.1) is 0 Å². The zero-order chi connectivity index (χ0) is 15.0. The lowest BCUT2D eigenvalue weighted by Crippen LogP contribution is -2.48. The fraction of sp³-hybridized carbons (Fsp3) is 0.429. The third kappa shape index (κ3) is 4.89. The molecule has 0 unspecified atom stereocenters. The van der Waals surface area contributed by atoms with E-state index in [1.807, 2.05) is 37.3 Å². The van der Waals surface area contributed by atoms with Gasteiger partial charge in [-0.15, -0.1) is 0 Å². The Labute approximate surface area is 118 Å². The maximum atomic E-state index is 12.0. The fourth-order valence-corrected chi connectivity index (χ4v) is 1.76. The number of nitrogens with zero attached hydrogens (tertiary/aromatic N) is 1. The van der Waals surface area contributed by atoms with Gasteiger partial charge in [0.2, 0.25) is 0 Å². The lowest BCUT2D eigenvalue weighted by molar-refractivity contribution is -0.139. The van der Waals surface area contributed by atoms with Crippen molar-refractivity contribution in [2.75, 3.05) is 13.2 Å². The van der Waals surface area contributed by atoms with Gasteiger partial charge in [-0.3, -0.25) is 0 Å². The smallest absolute Gasteiger partial charge is 0.326 e. The third-order valence-electron chi connectivity index (χ3n) is 2.90. The summed E-state index contributed by atoms with van der Waals surface area (Å²) < 4.78 is 0. The molecule has 0 aliphatic carbocycles. The van der Waals surface area contributed by atoms with Crippen LogP contribution in [0.25, 0.3) is 0 Å². The van der Waals surface area contributed by atoms with Crippen molar-refractivity contribution < 1.29 is 19.8 Å². The summed E-state index contributed by atoms with van der Waals surface area (Å²) in [6.07, 6.45) is -0.00996. The van der Waals surface area contributed by atoms with E-state index in [1.165, 1.54) is 4.90 Å². The first kappa shape index (κ1) is 16.0. The molecule has 0 spiro atoms. The number of amides is 2. The Hall–Kier alpha value is -2.08. The van der Waals surface area contributed by atoms with Crippen molar-refractivity contribution in [1.82, 2.24) is 10.2 Å². The molecule has 1 atom stereocenters. The molecule has 0 saturated carbocycles. The number of urea groups is 1. The van der Waals surface area contributed by atoms with Crippen LogP contribution < -0.4 is 5.32 Å². The van der Waals surface area contributed by atoms with Crippen LogP contribution in [-0.2, 0) is 11.3 Å².